The fourth-order valence-corrected chi connectivity index (χ4v) is 5.32. The van der Waals surface area contributed by atoms with E-state index in [0.717, 1.165) is 5.19 Å². The summed E-state index contributed by atoms with van der Waals surface area (Å²) in [5.41, 5.74) is 1.19. The minimum Gasteiger partial charge on any atom is -0.139 e. The quantitative estimate of drug-likeness (QED) is 0.584. The van der Waals surface area contributed by atoms with Gasteiger partial charge < -0.3 is 0 Å². The van der Waals surface area contributed by atoms with Crippen LogP contribution in [0.25, 0.3) is 0 Å². The fourth-order valence-electron chi connectivity index (χ4n) is 2.04. The van der Waals surface area contributed by atoms with Crippen molar-refractivity contribution < 1.29 is 0 Å². The van der Waals surface area contributed by atoms with Crippen LogP contribution in [0.2, 0.25) is 0 Å². The summed E-state index contributed by atoms with van der Waals surface area (Å²) in [6.07, 6.45) is 0. The number of benzene rings is 2. The van der Waals surface area contributed by atoms with Crippen molar-refractivity contribution in [3.63, 3.8) is 0 Å². The molecule has 0 saturated heterocycles. The highest BCUT2D eigenvalue weighted by atomic mass is 35.7. The lowest BCUT2D eigenvalue weighted by atomic mass is 10.0. The third-order valence-corrected chi connectivity index (χ3v) is 10.5. The van der Waals surface area contributed by atoms with E-state index in [2.05, 4.69) is 26.0 Å². The highest BCUT2D eigenvalue weighted by Gasteiger charge is 2.47. The van der Waals surface area contributed by atoms with Crippen molar-refractivity contribution in [1.82, 2.24) is 0 Å². The normalized spacial score (nSPS) is 12.4. The van der Waals surface area contributed by atoms with Gasteiger partial charge in [0.05, 0.1) is 0 Å². The van der Waals surface area contributed by atoms with Crippen LogP contribution in [0.5, 0.6) is 0 Å². The Hall–Kier alpha value is -0.763. The van der Waals surface area contributed by atoms with Crippen LogP contribution in [-0.4, -0.2) is 6.69 Å². The van der Waals surface area contributed by atoms with E-state index in [1.54, 1.807) is 0 Å². The monoisotopic (exact) mass is 294 g/mol. The van der Waals surface area contributed by atoms with Crippen LogP contribution < -0.4 is 5.19 Å². The van der Waals surface area contributed by atoms with E-state index in [9.17, 15) is 0 Å². The van der Waals surface area contributed by atoms with Gasteiger partial charge in [0.25, 0.3) is 6.69 Å². The molecule has 0 N–H and O–H groups in total. The van der Waals surface area contributed by atoms with Crippen molar-refractivity contribution in [2.24, 2.45) is 0 Å². The first kappa shape index (κ1) is 13.7. The molecule has 3 heteroatoms. The van der Waals surface area contributed by atoms with Gasteiger partial charge in [-0.05, 0) is 10.8 Å². The first-order valence-electron chi connectivity index (χ1n) is 5.95. The Kier molecular flexibility index (Phi) is 3.86. The summed E-state index contributed by atoms with van der Waals surface area (Å²) >= 11 is 13.6. The Labute approximate surface area is 119 Å². The molecule has 0 bridgehead atoms. The van der Waals surface area contributed by atoms with E-state index in [4.69, 9.17) is 22.2 Å². The van der Waals surface area contributed by atoms with Crippen molar-refractivity contribution >= 4 is 34.0 Å². The second-order valence-corrected chi connectivity index (χ2v) is 11.9. The minimum absolute atomic E-state index is 0.237. The summed E-state index contributed by atoms with van der Waals surface area (Å²) in [7, 11) is 0. The van der Waals surface area contributed by atoms with Gasteiger partial charge in [0, 0.05) is 5.04 Å². The zero-order chi connectivity index (χ0) is 13.2. The molecule has 0 amide bonds. The van der Waals surface area contributed by atoms with Gasteiger partial charge in [0.1, 0.15) is 0 Å². The lowest BCUT2D eigenvalue weighted by Crippen LogP contribution is -2.53. The Bertz CT molecular complexity index is 457. The van der Waals surface area contributed by atoms with E-state index in [0.29, 0.717) is 0 Å². The van der Waals surface area contributed by atoms with Gasteiger partial charge in [-0.2, -0.15) is 0 Å². The van der Waals surface area contributed by atoms with Crippen LogP contribution in [0.3, 0.4) is 0 Å². The van der Waals surface area contributed by atoms with Gasteiger partial charge in [-0.15, -0.1) is 22.2 Å². The van der Waals surface area contributed by atoms with Crippen LogP contribution in [0.15, 0.2) is 60.7 Å². The summed E-state index contributed by atoms with van der Waals surface area (Å²) in [4.78, 5) is 0. The van der Waals surface area contributed by atoms with Crippen LogP contribution in [0, 0.1) is 0 Å². The molecule has 0 aliphatic carbocycles. The first-order chi connectivity index (χ1) is 8.46. The van der Waals surface area contributed by atoms with E-state index >= 15 is 0 Å². The third-order valence-electron chi connectivity index (χ3n) is 3.42. The maximum Gasteiger partial charge on any atom is 0.290 e. The molecule has 0 aliphatic heterocycles. The van der Waals surface area contributed by atoms with Gasteiger partial charge in [-0.25, -0.2) is 0 Å². The van der Waals surface area contributed by atoms with E-state index in [-0.39, 0.29) is 5.04 Å². The summed E-state index contributed by atoms with van der Waals surface area (Å²) in [6.45, 7) is 1.65. The van der Waals surface area contributed by atoms with Crippen LogP contribution in [-0.2, 0) is 5.04 Å². The second-order valence-electron chi connectivity index (χ2n) is 4.93. The lowest BCUT2D eigenvalue weighted by Gasteiger charge is -2.36. The highest BCUT2D eigenvalue weighted by Crippen LogP contribution is 2.38. The van der Waals surface area contributed by atoms with Crippen molar-refractivity contribution in [2.45, 2.75) is 18.9 Å². The second kappa shape index (κ2) is 5.08. The molecule has 18 heavy (non-hydrogen) atoms. The van der Waals surface area contributed by atoms with Gasteiger partial charge in [-0.1, -0.05) is 74.5 Å². The summed E-state index contributed by atoms with van der Waals surface area (Å²) in [6, 6.07) is 20.3. The van der Waals surface area contributed by atoms with Crippen molar-refractivity contribution in [2.75, 3.05) is 0 Å². The fraction of sp³-hybridized carbons (Fsp3) is 0.200. The van der Waals surface area contributed by atoms with Crippen molar-refractivity contribution in [1.29, 1.82) is 0 Å². The predicted octanol–water partition coefficient (Wildman–Crippen LogP) is 4.33. The number of hydrogen-bond donors (Lipinski definition) is 0. The Balaban J connectivity index is 2.47. The Morgan fingerprint density at radius 2 is 1.22 bits per heavy atom. The summed E-state index contributed by atoms with van der Waals surface area (Å²) in [5.74, 6) is 0. The van der Waals surface area contributed by atoms with Crippen molar-refractivity contribution in [3.8, 4) is 0 Å². The molecular formula is C15H16Cl2Si. The molecular weight excluding hydrogens is 279 g/mol. The molecule has 0 radical (unpaired) electrons. The standard InChI is InChI=1S/C15H16Cl2Si/c1-15(2,13-9-5-3-6-10-13)18(16,17)14-11-7-4-8-12-14/h3-12H,1-2H3. The number of rotatable bonds is 3. The highest BCUT2D eigenvalue weighted by molar-refractivity contribution is 7.51. The largest absolute Gasteiger partial charge is 0.290 e. The molecule has 0 atom stereocenters. The maximum atomic E-state index is 6.79. The average Bonchev–Trinajstić information content (AvgIpc) is 2.40. The molecule has 2 rings (SSSR count). The Morgan fingerprint density at radius 3 is 1.72 bits per heavy atom. The van der Waals surface area contributed by atoms with E-state index < -0.39 is 6.69 Å². The molecule has 0 spiro atoms. The molecule has 0 heterocycles. The third kappa shape index (κ3) is 2.35. The minimum atomic E-state index is -2.60. The molecule has 2 aromatic rings. The topological polar surface area (TPSA) is 0 Å². The molecule has 0 fully saturated rings. The molecule has 0 saturated carbocycles. The molecule has 94 valence electrons. The van der Waals surface area contributed by atoms with Gasteiger partial charge >= 0.3 is 0 Å². The zero-order valence-corrected chi connectivity index (χ0v) is 13.0. The van der Waals surface area contributed by atoms with Gasteiger partial charge in [0.15, 0.2) is 0 Å². The number of hydrogen-bond acceptors (Lipinski definition) is 0. The maximum absolute atomic E-state index is 6.79. The summed E-state index contributed by atoms with van der Waals surface area (Å²) < 4.78 is 0. The first-order valence-corrected chi connectivity index (χ1v) is 9.97. The van der Waals surface area contributed by atoms with Gasteiger partial charge in [-0.3, -0.25) is 0 Å². The molecule has 0 nitrogen and oxygen atoms in total. The SMILES string of the molecule is CC(C)(c1ccccc1)[Si](Cl)(Cl)c1ccccc1. The molecule has 2 aromatic carbocycles. The molecule has 0 aromatic heterocycles. The Morgan fingerprint density at radius 1 is 0.778 bits per heavy atom. The van der Waals surface area contributed by atoms with Crippen molar-refractivity contribution in [3.05, 3.63) is 66.2 Å². The van der Waals surface area contributed by atoms with Crippen LogP contribution in [0.4, 0.5) is 0 Å². The number of halogens is 2. The van der Waals surface area contributed by atoms with Gasteiger partial charge in [0.2, 0.25) is 0 Å². The van der Waals surface area contributed by atoms with E-state index in [1.807, 2.05) is 48.5 Å². The van der Waals surface area contributed by atoms with Crippen LogP contribution in [0.1, 0.15) is 19.4 Å². The zero-order valence-electron chi connectivity index (χ0n) is 10.5. The lowest BCUT2D eigenvalue weighted by molar-refractivity contribution is 0.746. The average molecular weight is 295 g/mol. The molecule has 0 aliphatic rings. The summed E-state index contributed by atoms with van der Waals surface area (Å²) in [5, 5.41) is 0.820. The van der Waals surface area contributed by atoms with E-state index in [1.165, 1.54) is 5.56 Å². The molecule has 0 unspecified atom stereocenters. The van der Waals surface area contributed by atoms with Crippen LogP contribution >= 0.6 is 22.2 Å². The predicted molar refractivity (Wildman–Crippen MR) is 83.0 cm³/mol. The smallest absolute Gasteiger partial charge is 0.139 e.